The minimum Gasteiger partial charge on any atom is -0.391 e. The molecule has 23 heavy (non-hydrogen) atoms. The summed E-state index contributed by atoms with van der Waals surface area (Å²) in [7, 11) is 1.83. The van der Waals surface area contributed by atoms with Crippen molar-refractivity contribution in [3.05, 3.63) is 36.5 Å². The number of nitrogens with one attached hydrogen (secondary N) is 1. The number of rotatable bonds is 2. The molecule has 2 unspecified atom stereocenters. The van der Waals surface area contributed by atoms with Crippen LogP contribution in [0.3, 0.4) is 0 Å². The number of carbonyl (C=O) groups is 1. The molecule has 1 aliphatic heterocycles. The lowest BCUT2D eigenvalue weighted by molar-refractivity contribution is 0.0464. The van der Waals surface area contributed by atoms with Gasteiger partial charge in [-0.15, -0.1) is 0 Å². The quantitative estimate of drug-likeness (QED) is 0.893. The van der Waals surface area contributed by atoms with Crippen LogP contribution < -0.4 is 5.32 Å². The maximum absolute atomic E-state index is 12.5. The molecule has 1 aromatic carbocycles. The molecule has 0 radical (unpaired) electrons. The van der Waals surface area contributed by atoms with Crippen LogP contribution in [0.2, 0.25) is 0 Å². The van der Waals surface area contributed by atoms with E-state index in [1.54, 1.807) is 15.8 Å². The number of aromatic nitrogens is 2. The first kappa shape index (κ1) is 15.6. The molecule has 0 bridgehead atoms. The smallest absolute Gasteiger partial charge is 0.322 e. The lowest BCUT2D eigenvalue weighted by Gasteiger charge is -2.34. The van der Waals surface area contributed by atoms with Crippen molar-refractivity contribution in [3.8, 4) is 11.3 Å². The zero-order valence-corrected chi connectivity index (χ0v) is 13.4. The van der Waals surface area contributed by atoms with Gasteiger partial charge in [-0.05, 0) is 12.3 Å². The molecule has 122 valence electrons. The van der Waals surface area contributed by atoms with Crippen molar-refractivity contribution >= 4 is 11.7 Å². The zero-order valence-electron chi connectivity index (χ0n) is 13.4. The molecule has 1 aliphatic rings. The molecular weight excluding hydrogens is 292 g/mol. The van der Waals surface area contributed by atoms with E-state index >= 15 is 0 Å². The average Bonchev–Trinajstić information content (AvgIpc) is 2.91. The molecule has 2 heterocycles. The summed E-state index contributed by atoms with van der Waals surface area (Å²) < 4.78 is 1.69. The second-order valence-corrected chi connectivity index (χ2v) is 6.14. The number of hydrogen-bond donors (Lipinski definition) is 2. The number of amides is 2. The van der Waals surface area contributed by atoms with Gasteiger partial charge in [0.05, 0.1) is 11.8 Å². The second kappa shape index (κ2) is 6.42. The molecule has 3 rings (SSSR count). The Kier molecular flexibility index (Phi) is 4.34. The van der Waals surface area contributed by atoms with Crippen LogP contribution in [0.4, 0.5) is 10.5 Å². The highest BCUT2D eigenvalue weighted by Crippen LogP contribution is 2.26. The van der Waals surface area contributed by atoms with Gasteiger partial charge in [0.25, 0.3) is 0 Å². The van der Waals surface area contributed by atoms with Crippen molar-refractivity contribution in [2.24, 2.45) is 13.0 Å². The number of anilines is 1. The maximum Gasteiger partial charge on any atom is 0.322 e. The summed E-state index contributed by atoms with van der Waals surface area (Å²) in [5.74, 6) is 0.234. The van der Waals surface area contributed by atoms with Gasteiger partial charge in [-0.3, -0.25) is 4.68 Å². The Bertz CT molecular complexity index is 683. The molecule has 0 saturated carbocycles. The average molecular weight is 314 g/mol. The topological polar surface area (TPSA) is 70.4 Å². The van der Waals surface area contributed by atoms with Gasteiger partial charge in [0, 0.05) is 31.9 Å². The fourth-order valence-electron chi connectivity index (χ4n) is 2.82. The highest BCUT2D eigenvalue weighted by Gasteiger charge is 2.27. The Hall–Kier alpha value is -2.34. The molecule has 0 aliphatic carbocycles. The van der Waals surface area contributed by atoms with Crippen LogP contribution in [0.15, 0.2) is 36.5 Å². The summed E-state index contributed by atoms with van der Waals surface area (Å²) in [6.45, 7) is 3.04. The molecule has 2 atom stereocenters. The molecule has 0 spiro atoms. The van der Waals surface area contributed by atoms with E-state index < -0.39 is 6.10 Å². The van der Waals surface area contributed by atoms with E-state index in [-0.39, 0.29) is 11.9 Å². The van der Waals surface area contributed by atoms with E-state index in [9.17, 15) is 9.90 Å². The molecule has 2 aromatic rings. The van der Waals surface area contributed by atoms with Crippen LogP contribution in [0, 0.1) is 5.92 Å². The largest absolute Gasteiger partial charge is 0.391 e. The minimum absolute atomic E-state index is 0.193. The number of benzene rings is 1. The van der Waals surface area contributed by atoms with Crippen LogP contribution in [0.1, 0.15) is 13.3 Å². The summed E-state index contributed by atoms with van der Waals surface area (Å²) in [5.41, 5.74) is 2.37. The number of nitrogens with zero attached hydrogens (tertiary/aromatic N) is 3. The predicted octanol–water partition coefficient (Wildman–Crippen LogP) is 2.32. The Morgan fingerprint density at radius 2 is 2.09 bits per heavy atom. The Morgan fingerprint density at radius 3 is 2.78 bits per heavy atom. The van der Waals surface area contributed by atoms with E-state index in [4.69, 9.17) is 0 Å². The van der Waals surface area contributed by atoms with Gasteiger partial charge in [0.15, 0.2) is 0 Å². The van der Waals surface area contributed by atoms with Gasteiger partial charge < -0.3 is 15.3 Å². The van der Waals surface area contributed by atoms with E-state index in [1.807, 2.05) is 44.3 Å². The van der Waals surface area contributed by atoms with Crippen molar-refractivity contribution < 1.29 is 9.90 Å². The Morgan fingerprint density at radius 1 is 1.35 bits per heavy atom. The monoisotopic (exact) mass is 314 g/mol. The van der Waals surface area contributed by atoms with Crippen molar-refractivity contribution in [3.63, 3.8) is 0 Å². The fourth-order valence-corrected chi connectivity index (χ4v) is 2.82. The summed E-state index contributed by atoms with van der Waals surface area (Å²) in [5, 5.41) is 17.3. The van der Waals surface area contributed by atoms with Gasteiger partial charge in [0.1, 0.15) is 5.69 Å². The molecule has 6 nitrogen and oxygen atoms in total. The molecule has 2 N–H and O–H groups in total. The molecular formula is C17H22N4O2. The summed E-state index contributed by atoms with van der Waals surface area (Å²) in [6, 6.07) is 9.56. The molecule has 1 aromatic heterocycles. The molecule has 1 saturated heterocycles. The van der Waals surface area contributed by atoms with Crippen molar-refractivity contribution in [2.75, 3.05) is 18.4 Å². The number of hydrogen-bond acceptors (Lipinski definition) is 3. The number of aryl methyl sites for hydroxylation is 1. The summed E-state index contributed by atoms with van der Waals surface area (Å²) in [4.78, 5) is 14.1. The number of carbonyl (C=O) groups excluding carboxylic acids is 1. The third-order valence-electron chi connectivity index (χ3n) is 4.32. The van der Waals surface area contributed by atoms with Crippen molar-refractivity contribution in [1.82, 2.24) is 14.7 Å². The van der Waals surface area contributed by atoms with Gasteiger partial charge in [-0.2, -0.15) is 5.10 Å². The number of piperidine rings is 1. The van der Waals surface area contributed by atoms with E-state index in [0.29, 0.717) is 18.8 Å². The molecule has 6 heteroatoms. The van der Waals surface area contributed by atoms with E-state index in [0.717, 1.165) is 17.7 Å². The highest BCUT2D eigenvalue weighted by molar-refractivity contribution is 5.93. The Balaban J connectivity index is 1.77. The summed E-state index contributed by atoms with van der Waals surface area (Å²) in [6.07, 6.45) is 2.15. The van der Waals surface area contributed by atoms with Gasteiger partial charge in [-0.1, -0.05) is 37.3 Å². The number of aliphatic hydroxyl groups excluding tert-OH is 1. The normalized spacial score (nSPS) is 21.3. The number of β-amino-alcohol motifs (C(OH)–C–C–N with tert-alkyl or cyclic N) is 1. The van der Waals surface area contributed by atoms with Gasteiger partial charge in [-0.25, -0.2) is 4.79 Å². The first-order valence-corrected chi connectivity index (χ1v) is 7.87. The first-order chi connectivity index (χ1) is 11.0. The standard InChI is InChI=1S/C17H22N4O2/c1-12-8-9-21(11-15(12)22)17(23)18-14-10-20(2)19-16(14)13-6-4-3-5-7-13/h3-7,10,12,15,22H,8-9,11H2,1-2H3,(H,18,23). The van der Waals surface area contributed by atoms with Crippen LogP contribution in [-0.4, -0.2) is 45.0 Å². The van der Waals surface area contributed by atoms with Crippen molar-refractivity contribution in [2.45, 2.75) is 19.4 Å². The minimum atomic E-state index is -0.461. The Labute approximate surface area is 135 Å². The van der Waals surface area contributed by atoms with E-state index in [1.165, 1.54) is 0 Å². The highest BCUT2D eigenvalue weighted by atomic mass is 16.3. The van der Waals surface area contributed by atoms with Gasteiger partial charge >= 0.3 is 6.03 Å². The van der Waals surface area contributed by atoms with Gasteiger partial charge in [0.2, 0.25) is 0 Å². The molecule has 2 amide bonds. The fraction of sp³-hybridized carbons (Fsp3) is 0.412. The zero-order chi connectivity index (χ0) is 16.4. The SMILES string of the molecule is CC1CCN(C(=O)Nc2cn(C)nc2-c2ccccc2)CC1O. The third kappa shape index (κ3) is 3.37. The van der Waals surface area contributed by atoms with Crippen LogP contribution in [0.25, 0.3) is 11.3 Å². The van der Waals surface area contributed by atoms with Crippen molar-refractivity contribution in [1.29, 1.82) is 0 Å². The lowest BCUT2D eigenvalue weighted by Crippen LogP contribution is -2.47. The van der Waals surface area contributed by atoms with Crippen LogP contribution in [-0.2, 0) is 7.05 Å². The first-order valence-electron chi connectivity index (χ1n) is 7.87. The molecule has 1 fully saturated rings. The number of likely N-dealkylation sites (tertiary alicyclic amines) is 1. The number of aliphatic hydroxyl groups is 1. The lowest BCUT2D eigenvalue weighted by atomic mass is 9.96. The number of urea groups is 1. The predicted molar refractivity (Wildman–Crippen MR) is 89.0 cm³/mol. The van der Waals surface area contributed by atoms with Crippen LogP contribution >= 0.6 is 0 Å². The van der Waals surface area contributed by atoms with Crippen LogP contribution in [0.5, 0.6) is 0 Å². The van der Waals surface area contributed by atoms with E-state index in [2.05, 4.69) is 10.4 Å². The summed E-state index contributed by atoms with van der Waals surface area (Å²) >= 11 is 0. The maximum atomic E-state index is 12.5. The third-order valence-corrected chi connectivity index (χ3v) is 4.32. The second-order valence-electron chi connectivity index (χ2n) is 6.14.